The van der Waals surface area contributed by atoms with E-state index in [0.29, 0.717) is 31.6 Å². The normalized spacial score (nSPS) is 17.9. The fourth-order valence-corrected chi connectivity index (χ4v) is 4.52. The SMILES string of the molecule is CCn1c(=O)c(NCc2ccc3c(c2)C(=O)N(C2CCC(=O)NC2=O)C3)nc2ccccc21. The molecule has 1 fully saturated rings. The lowest BCUT2D eigenvalue weighted by Crippen LogP contribution is -2.52. The Bertz CT molecular complexity index is 1360. The number of hydrogen-bond acceptors (Lipinski definition) is 6. The van der Waals surface area contributed by atoms with Crippen LogP contribution in [0.4, 0.5) is 5.82 Å². The maximum Gasteiger partial charge on any atom is 0.293 e. The molecule has 2 aliphatic heterocycles. The lowest BCUT2D eigenvalue weighted by atomic mass is 10.0. The first-order valence-corrected chi connectivity index (χ1v) is 11.0. The minimum atomic E-state index is -0.640. The van der Waals surface area contributed by atoms with Crippen LogP contribution in [0.25, 0.3) is 11.0 Å². The predicted octanol–water partition coefficient (Wildman–Crippen LogP) is 1.79. The van der Waals surface area contributed by atoms with Crippen molar-refractivity contribution < 1.29 is 14.4 Å². The lowest BCUT2D eigenvalue weighted by Gasteiger charge is -2.29. The molecule has 5 rings (SSSR count). The molecule has 1 atom stereocenters. The highest BCUT2D eigenvalue weighted by atomic mass is 16.2. The van der Waals surface area contributed by atoms with Crippen molar-refractivity contribution in [2.24, 2.45) is 0 Å². The molecule has 0 radical (unpaired) electrons. The Hall–Kier alpha value is -4.01. The number of benzene rings is 2. The summed E-state index contributed by atoms with van der Waals surface area (Å²) < 4.78 is 1.68. The molecule has 168 valence electrons. The van der Waals surface area contributed by atoms with Crippen LogP contribution in [-0.4, -0.2) is 38.2 Å². The zero-order chi connectivity index (χ0) is 23.1. The Morgan fingerprint density at radius 2 is 1.94 bits per heavy atom. The van der Waals surface area contributed by atoms with Crippen LogP contribution >= 0.6 is 0 Å². The summed E-state index contributed by atoms with van der Waals surface area (Å²) in [6, 6.07) is 12.4. The van der Waals surface area contributed by atoms with Crippen molar-refractivity contribution in [3.05, 3.63) is 69.5 Å². The molecule has 0 spiro atoms. The van der Waals surface area contributed by atoms with Gasteiger partial charge in [-0.15, -0.1) is 0 Å². The summed E-state index contributed by atoms with van der Waals surface area (Å²) in [7, 11) is 0. The van der Waals surface area contributed by atoms with Crippen LogP contribution in [0.3, 0.4) is 0 Å². The molecule has 33 heavy (non-hydrogen) atoms. The zero-order valence-electron chi connectivity index (χ0n) is 18.1. The van der Waals surface area contributed by atoms with Gasteiger partial charge in [0.2, 0.25) is 11.8 Å². The maximum atomic E-state index is 13.0. The van der Waals surface area contributed by atoms with Gasteiger partial charge in [0.05, 0.1) is 11.0 Å². The summed E-state index contributed by atoms with van der Waals surface area (Å²) in [6.07, 6.45) is 0.551. The van der Waals surface area contributed by atoms with E-state index in [0.717, 1.165) is 22.2 Å². The number of carbonyl (C=O) groups is 3. The van der Waals surface area contributed by atoms with Crippen molar-refractivity contribution in [2.75, 3.05) is 5.32 Å². The minimum absolute atomic E-state index is 0.197. The van der Waals surface area contributed by atoms with E-state index in [1.807, 2.05) is 43.3 Å². The van der Waals surface area contributed by atoms with E-state index in [1.54, 1.807) is 10.6 Å². The molecule has 3 heterocycles. The molecule has 1 aromatic heterocycles. The molecule has 9 heteroatoms. The largest absolute Gasteiger partial charge is 0.361 e. The topological polar surface area (TPSA) is 113 Å². The van der Waals surface area contributed by atoms with Gasteiger partial charge in [-0.2, -0.15) is 0 Å². The quantitative estimate of drug-likeness (QED) is 0.579. The van der Waals surface area contributed by atoms with E-state index in [-0.39, 0.29) is 29.6 Å². The van der Waals surface area contributed by atoms with Gasteiger partial charge in [0.1, 0.15) is 6.04 Å². The molecule has 9 nitrogen and oxygen atoms in total. The van der Waals surface area contributed by atoms with Crippen molar-refractivity contribution in [2.45, 2.75) is 45.4 Å². The fourth-order valence-electron chi connectivity index (χ4n) is 4.52. The Morgan fingerprint density at radius 3 is 2.73 bits per heavy atom. The standard InChI is InChI=1S/C24H23N5O4/c1-2-28-18-6-4-3-5-17(18)26-21(24(28)33)25-12-14-7-8-15-13-29(23(32)16(15)11-14)19-9-10-20(30)27-22(19)31/h3-8,11,19H,2,9-10,12-13H2,1H3,(H,25,26)(H,27,30,31). The van der Waals surface area contributed by atoms with Gasteiger partial charge in [0.25, 0.3) is 11.5 Å². The molecule has 0 bridgehead atoms. The first-order chi connectivity index (χ1) is 16.0. The number of anilines is 1. The monoisotopic (exact) mass is 445 g/mol. The second-order valence-corrected chi connectivity index (χ2v) is 8.24. The molecule has 0 saturated carbocycles. The van der Waals surface area contributed by atoms with E-state index in [9.17, 15) is 19.2 Å². The number of fused-ring (bicyclic) bond motifs is 2. The maximum absolute atomic E-state index is 13.0. The summed E-state index contributed by atoms with van der Waals surface area (Å²) >= 11 is 0. The number of para-hydroxylation sites is 2. The second kappa shape index (κ2) is 8.16. The summed E-state index contributed by atoms with van der Waals surface area (Å²) in [5.41, 5.74) is 3.52. The number of imide groups is 1. The highest BCUT2D eigenvalue weighted by molar-refractivity contribution is 6.05. The zero-order valence-corrected chi connectivity index (χ0v) is 18.1. The third-order valence-electron chi connectivity index (χ3n) is 6.22. The van der Waals surface area contributed by atoms with Crippen LogP contribution in [0.15, 0.2) is 47.3 Å². The number of rotatable bonds is 5. The van der Waals surface area contributed by atoms with Crippen molar-refractivity contribution in [1.82, 2.24) is 19.8 Å². The fraction of sp³-hybridized carbons (Fsp3) is 0.292. The molecular weight excluding hydrogens is 422 g/mol. The number of amides is 3. The number of hydrogen-bond donors (Lipinski definition) is 2. The molecule has 2 aromatic carbocycles. The van der Waals surface area contributed by atoms with Crippen molar-refractivity contribution in [3.63, 3.8) is 0 Å². The highest BCUT2D eigenvalue weighted by Gasteiger charge is 2.39. The number of aryl methyl sites for hydroxylation is 1. The van der Waals surface area contributed by atoms with Gasteiger partial charge in [-0.05, 0) is 42.7 Å². The number of piperidine rings is 1. The average molecular weight is 445 g/mol. The number of nitrogens with zero attached hydrogens (tertiary/aromatic N) is 3. The second-order valence-electron chi connectivity index (χ2n) is 8.24. The van der Waals surface area contributed by atoms with Crippen LogP contribution < -0.4 is 16.2 Å². The van der Waals surface area contributed by atoms with Gasteiger partial charge < -0.3 is 14.8 Å². The number of carbonyl (C=O) groups excluding carboxylic acids is 3. The van der Waals surface area contributed by atoms with Crippen LogP contribution in [0.5, 0.6) is 0 Å². The van der Waals surface area contributed by atoms with E-state index in [1.165, 1.54) is 4.90 Å². The van der Waals surface area contributed by atoms with Gasteiger partial charge in [0, 0.05) is 31.6 Å². The first-order valence-electron chi connectivity index (χ1n) is 11.0. The molecular formula is C24H23N5O4. The van der Waals surface area contributed by atoms with E-state index < -0.39 is 11.9 Å². The lowest BCUT2D eigenvalue weighted by molar-refractivity contribution is -0.136. The summed E-state index contributed by atoms with van der Waals surface area (Å²) in [5.74, 6) is -0.701. The van der Waals surface area contributed by atoms with Gasteiger partial charge in [0.15, 0.2) is 5.82 Å². The summed E-state index contributed by atoms with van der Waals surface area (Å²) in [6.45, 7) is 3.10. The third kappa shape index (κ3) is 3.65. The molecule has 3 aromatic rings. The predicted molar refractivity (Wildman–Crippen MR) is 121 cm³/mol. The molecule has 1 saturated heterocycles. The van der Waals surface area contributed by atoms with E-state index >= 15 is 0 Å². The van der Waals surface area contributed by atoms with Crippen LogP contribution in [0, 0.1) is 0 Å². The van der Waals surface area contributed by atoms with Crippen LogP contribution in [0.2, 0.25) is 0 Å². The van der Waals surface area contributed by atoms with Gasteiger partial charge in [-0.25, -0.2) is 4.98 Å². The molecule has 3 amide bonds. The number of nitrogens with one attached hydrogen (secondary N) is 2. The molecule has 2 aliphatic rings. The molecule has 2 N–H and O–H groups in total. The Balaban J connectivity index is 1.36. The smallest absolute Gasteiger partial charge is 0.293 e. The Labute approximate surface area is 189 Å². The van der Waals surface area contributed by atoms with E-state index in [4.69, 9.17) is 0 Å². The van der Waals surface area contributed by atoms with Crippen molar-refractivity contribution in [3.8, 4) is 0 Å². The third-order valence-corrected chi connectivity index (χ3v) is 6.22. The van der Waals surface area contributed by atoms with E-state index in [2.05, 4.69) is 15.6 Å². The van der Waals surface area contributed by atoms with Crippen molar-refractivity contribution >= 4 is 34.6 Å². The number of aromatic nitrogens is 2. The van der Waals surface area contributed by atoms with Gasteiger partial charge in [-0.3, -0.25) is 24.5 Å². The average Bonchev–Trinajstić information content (AvgIpc) is 3.13. The molecule has 0 aliphatic carbocycles. The van der Waals surface area contributed by atoms with Gasteiger partial charge in [-0.1, -0.05) is 24.3 Å². The highest BCUT2D eigenvalue weighted by Crippen LogP contribution is 2.28. The van der Waals surface area contributed by atoms with Crippen LogP contribution in [0.1, 0.15) is 41.3 Å². The summed E-state index contributed by atoms with van der Waals surface area (Å²) in [4.78, 5) is 55.5. The first kappa shape index (κ1) is 20.9. The van der Waals surface area contributed by atoms with Gasteiger partial charge >= 0.3 is 0 Å². The van der Waals surface area contributed by atoms with Crippen LogP contribution in [-0.2, 0) is 29.2 Å². The Kier molecular flexibility index (Phi) is 5.16. The summed E-state index contributed by atoms with van der Waals surface area (Å²) in [5, 5.41) is 5.43. The Morgan fingerprint density at radius 1 is 1.12 bits per heavy atom. The van der Waals surface area contributed by atoms with Crippen molar-refractivity contribution in [1.29, 1.82) is 0 Å². The molecule has 1 unspecified atom stereocenters. The minimum Gasteiger partial charge on any atom is -0.361 e.